The van der Waals surface area contributed by atoms with Gasteiger partial charge in [0, 0.05) is 23.9 Å². The molecule has 0 bridgehead atoms. The van der Waals surface area contributed by atoms with Crippen LogP contribution in [0.3, 0.4) is 0 Å². The summed E-state index contributed by atoms with van der Waals surface area (Å²) < 4.78 is 7.20. The second kappa shape index (κ2) is 9.83. The van der Waals surface area contributed by atoms with Gasteiger partial charge >= 0.3 is 0 Å². The largest absolute Gasteiger partial charge is 0.497 e. The quantitative estimate of drug-likeness (QED) is 0.130. The van der Waals surface area contributed by atoms with Crippen LogP contribution in [0.25, 0.3) is 43.8 Å². The summed E-state index contributed by atoms with van der Waals surface area (Å²) in [5.74, 6) is 0.216. The molecule has 5 aromatic carbocycles. The lowest BCUT2D eigenvalue weighted by Gasteiger charge is -2.11. The molecule has 0 unspecified atom stereocenters. The third kappa shape index (κ3) is 4.27. The van der Waals surface area contributed by atoms with E-state index in [9.17, 15) is 9.59 Å². The number of rotatable bonds is 7. The molecule has 0 aliphatic heterocycles. The number of Topliss-reactive ketones (excluding diaryl/α,β-unsaturated/α-hetero) is 1. The summed E-state index contributed by atoms with van der Waals surface area (Å²) in [6.07, 6.45) is 2.41. The van der Waals surface area contributed by atoms with Gasteiger partial charge in [0.15, 0.2) is 6.29 Å². The average molecular weight is 496 g/mol. The molecule has 4 nitrogen and oxygen atoms in total. The second-order valence-electron chi connectivity index (χ2n) is 9.35. The normalized spacial score (nSPS) is 11.1. The third-order valence-corrected chi connectivity index (χ3v) is 7.03. The van der Waals surface area contributed by atoms with Crippen molar-refractivity contribution < 1.29 is 14.3 Å². The van der Waals surface area contributed by atoms with Crippen molar-refractivity contribution in [2.75, 3.05) is 7.11 Å². The Morgan fingerprint density at radius 1 is 0.737 bits per heavy atom. The highest BCUT2D eigenvalue weighted by Crippen LogP contribution is 2.39. The van der Waals surface area contributed by atoms with Crippen LogP contribution in [0.1, 0.15) is 16.1 Å². The van der Waals surface area contributed by atoms with E-state index >= 15 is 0 Å². The Morgan fingerprint density at radius 2 is 1.32 bits per heavy atom. The van der Waals surface area contributed by atoms with Gasteiger partial charge in [-0.05, 0) is 62.5 Å². The standard InChI is InChI=1S/C34H25NO3/c1-38-30-16-10-23(11-17-30)20-35-21-31(28-14-12-24-6-2-4-8-26(24)18-28)33(34(35)32(37)22-36)29-15-13-25-7-3-5-9-27(25)19-29/h2-19,21-22H,20H2,1H3. The van der Waals surface area contributed by atoms with Gasteiger partial charge in [-0.2, -0.15) is 0 Å². The molecular weight excluding hydrogens is 470 g/mol. The molecule has 0 aliphatic carbocycles. The van der Waals surface area contributed by atoms with Crippen LogP contribution in [0.5, 0.6) is 5.75 Å². The predicted molar refractivity (Wildman–Crippen MR) is 153 cm³/mol. The fourth-order valence-corrected chi connectivity index (χ4v) is 5.14. The molecule has 0 spiro atoms. The van der Waals surface area contributed by atoms with Crippen LogP contribution >= 0.6 is 0 Å². The van der Waals surface area contributed by atoms with Crippen molar-refractivity contribution in [1.82, 2.24) is 4.57 Å². The zero-order chi connectivity index (χ0) is 26.1. The fraction of sp³-hybridized carbons (Fsp3) is 0.0588. The van der Waals surface area contributed by atoms with Crippen LogP contribution < -0.4 is 4.74 Å². The lowest BCUT2D eigenvalue weighted by Crippen LogP contribution is -2.11. The Kier molecular flexibility index (Phi) is 6.06. The summed E-state index contributed by atoms with van der Waals surface area (Å²) in [6, 6.07) is 36.6. The summed E-state index contributed by atoms with van der Waals surface area (Å²) in [7, 11) is 1.63. The molecule has 0 atom stereocenters. The number of aldehydes is 1. The third-order valence-electron chi connectivity index (χ3n) is 7.03. The van der Waals surface area contributed by atoms with E-state index in [0.717, 1.165) is 55.1 Å². The number of methoxy groups -OCH3 is 1. The van der Waals surface area contributed by atoms with Crippen LogP contribution in [0, 0.1) is 0 Å². The molecule has 6 aromatic rings. The minimum Gasteiger partial charge on any atom is -0.497 e. The molecule has 1 aromatic heterocycles. The van der Waals surface area contributed by atoms with Crippen LogP contribution in [0.4, 0.5) is 0 Å². The van der Waals surface area contributed by atoms with Crippen LogP contribution in [-0.2, 0) is 11.3 Å². The number of ether oxygens (including phenoxy) is 1. The number of aromatic nitrogens is 1. The number of hydrogen-bond acceptors (Lipinski definition) is 3. The monoisotopic (exact) mass is 495 g/mol. The molecule has 0 radical (unpaired) electrons. The zero-order valence-electron chi connectivity index (χ0n) is 20.9. The summed E-state index contributed by atoms with van der Waals surface area (Å²) in [5, 5.41) is 4.44. The molecule has 0 saturated heterocycles. The van der Waals surface area contributed by atoms with Crippen molar-refractivity contribution in [2.24, 2.45) is 0 Å². The van der Waals surface area contributed by atoms with Crippen LogP contribution in [-0.4, -0.2) is 23.7 Å². The SMILES string of the molecule is COc1ccc(Cn2cc(-c3ccc4ccccc4c3)c(-c3ccc4ccccc4c3)c2C(=O)C=O)cc1. The van der Waals surface area contributed by atoms with Gasteiger partial charge in [-0.15, -0.1) is 0 Å². The molecular formula is C34H25NO3. The van der Waals surface area contributed by atoms with Crippen molar-refractivity contribution >= 4 is 33.6 Å². The highest BCUT2D eigenvalue weighted by molar-refractivity contribution is 6.35. The van der Waals surface area contributed by atoms with Gasteiger partial charge in [0.05, 0.1) is 7.11 Å². The van der Waals surface area contributed by atoms with Crippen molar-refractivity contribution in [3.8, 4) is 28.0 Å². The van der Waals surface area contributed by atoms with Crippen LogP contribution in [0.15, 0.2) is 115 Å². The second-order valence-corrected chi connectivity index (χ2v) is 9.35. The van der Waals surface area contributed by atoms with Crippen LogP contribution in [0.2, 0.25) is 0 Å². The molecule has 38 heavy (non-hydrogen) atoms. The highest BCUT2D eigenvalue weighted by atomic mass is 16.5. The lowest BCUT2D eigenvalue weighted by molar-refractivity contribution is -0.104. The van der Waals surface area contributed by atoms with Gasteiger partial charge in [-0.1, -0.05) is 84.9 Å². The van der Waals surface area contributed by atoms with E-state index < -0.39 is 5.78 Å². The number of ketones is 1. The minimum atomic E-state index is -0.547. The Labute approximate surface area is 220 Å². The highest BCUT2D eigenvalue weighted by Gasteiger charge is 2.24. The first kappa shape index (κ1) is 23.4. The molecule has 0 saturated carbocycles. The van der Waals surface area contributed by atoms with Crippen molar-refractivity contribution in [3.63, 3.8) is 0 Å². The minimum absolute atomic E-state index is 0.384. The number of fused-ring (bicyclic) bond motifs is 2. The number of carbonyl (C=O) groups excluding carboxylic acids is 2. The summed E-state index contributed by atoms with van der Waals surface area (Å²) in [5.41, 5.74) is 4.93. The number of hydrogen-bond donors (Lipinski definition) is 0. The van der Waals surface area contributed by atoms with E-state index in [1.807, 2.05) is 65.4 Å². The molecule has 0 amide bonds. The molecule has 0 fully saturated rings. The first-order valence-corrected chi connectivity index (χ1v) is 12.5. The Bertz CT molecular complexity index is 1810. The maximum absolute atomic E-state index is 13.2. The molecule has 0 aliphatic rings. The lowest BCUT2D eigenvalue weighted by atomic mass is 9.93. The molecule has 184 valence electrons. The molecule has 0 N–H and O–H groups in total. The molecule has 1 heterocycles. The van der Waals surface area contributed by atoms with Gasteiger partial charge in [0.1, 0.15) is 11.4 Å². The van der Waals surface area contributed by atoms with Crippen molar-refractivity contribution in [3.05, 3.63) is 127 Å². The van der Waals surface area contributed by atoms with E-state index in [1.54, 1.807) is 7.11 Å². The average Bonchev–Trinajstić information content (AvgIpc) is 3.35. The molecule has 4 heteroatoms. The van der Waals surface area contributed by atoms with Gasteiger partial charge < -0.3 is 9.30 Å². The van der Waals surface area contributed by atoms with E-state index in [2.05, 4.69) is 54.6 Å². The fourth-order valence-electron chi connectivity index (χ4n) is 5.14. The number of carbonyl (C=O) groups is 2. The van der Waals surface area contributed by atoms with Gasteiger partial charge in [0.2, 0.25) is 5.78 Å². The Morgan fingerprint density at radius 3 is 1.92 bits per heavy atom. The zero-order valence-corrected chi connectivity index (χ0v) is 20.9. The first-order valence-electron chi connectivity index (χ1n) is 12.5. The molecule has 6 rings (SSSR count). The number of nitrogens with zero attached hydrogens (tertiary/aromatic N) is 1. The summed E-state index contributed by atoms with van der Waals surface area (Å²) in [4.78, 5) is 25.2. The van der Waals surface area contributed by atoms with Gasteiger partial charge in [0.25, 0.3) is 0 Å². The first-order chi connectivity index (χ1) is 18.6. The van der Waals surface area contributed by atoms with Gasteiger partial charge in [-0.25, -0.2) is 0 Å². The maximum Gasteiger partial charge on any atom is 0.242 e. The summed E-state index contributed by atoms with van der Waals surface area (Å²) in [6.45, 7) is 0.438. The van der Waals surface area contributed by atoms with E-state index in [4.69, 9.17) is 4.74 Å². The number of benzene rings is 5. The van der Waals surface area contributed by atoms with Crippen molar-refractivity contribution in [1.29, 1.82) is 0 Å². The Hall–Kier alpha value is -4.96. The van der Waals surface area contributed by atoms with Crippen molar-refractivity contribution in [2.45, 2.75) is 6.54 Å². The predicted octanol–water partition coefficient (Wildman–Crippen LogP) is 7.57. The van der Waals surface area contributed by atoms with E-state index in [1.165, 1.54) is 0 Å². The maximum atomic E-state index is 13.2. The van der Waals surface area contributed by atoms with E-state index in [0.29, 0.717) is 18.5 Å². The van der Waals surface area contributed by atoms with Gasteiger partial charge in [-0.3, -0.25) is 9.59 Å². The van der Waals surface area contributed by atoms with E-state index in [-0.39, 0.29) is 0 Å². The summed E-state index contributed by atoms with van der Waals surface area (Å²) >= 11 is 0. The topological polar surface area (TPSA) is 48.3 Å². The smallest absolute Gasteiger partial charge is 0.242 e. The Balaban J connectivity index is 1.60.